The number of rotatable bonds is 7. The Kier molecular flexibility index (Phi) is 7.51. The molecule has 2 amide bonds. The van der Waals surface area contributed by atoms with E-state index in [0.717, 1.165) is 44.0 Å². The van der Waals surface area contributed by atoms with Crippen molar-refractivity contribution in [1.82, 2.24) is 15.5 Å². The lowest BCUT2D eigenvalue weighted by Gasteiger charge is -2.31. The first-order chi connectivity index (χ1) is 11.2. The van der Waals surface area contributed by atoms with Crippen LogP contribution in [0.25, 0.3) is 0 Å². The van der Waals surface area contributed by atoms with Crippen molar-refractivity contribution >= 4 is 23.2 Å². The number of nitrogens with zero attached hydrogens (tertiary/aromatic N) is 1. The minimum atomic E-state index is -0.559. The van der Waals surface area contributed by atoms with Crippen molar-refractivity contribution in [1.29, 1.82) is 0 Å². The molecule has 1 aliphatic rings. The van der Waals surface area contributed by atoms with E-state index in [0.29, 0.717) is 19.0 Å². The Hall–Kier alpha value is -1.44. The van der Waals surface area contributed by atoms with Gasteiger partial charge in [0.15, 0.2) is 0 Å². The summed E-state index contributed by atoms with van der Waals surface area (Å²) in [4.78, 5) is 27.0. The molecule has 0 unspecified atom stereocenters. The molecule has 2 heterocycles. The summed E-state index contributed by atoms with van der Waals surface area (Å²) in [6.45, 7) is 4.74. The zero-order valence-electron chi connectivity index (χ0n) is 13.5. The Morgan fingerprint density at radius 2 is 2.04 bits per heavy atom. The maximum atomic E-state index is 11.8. The molecule has 6 nitrogen and oxygen atoms in total. The molecule has 0 saturated carbocycles. The Morgan fingerprint density at radius 1 is 1.30 bits per heavy atom. The number of thiophene rings is 1. The van der Waals surface area contributed by atoms with Gasteiger partial charge < -0.3 is 20.3 Å². The average molecular weight is 339 g/mol. The number of piperidine rings is 1. The van der Waals surface area contributed by atoms with E-state index < -0.39 is 11.8 Å². The number of carbonyl (C=O) groups is 2. The lowest BCUT2D eigenvalue weighted by molar-refractivity contribution is -0.139. The maximum absolute atomic E-state index is 11.8. The molecule has 0 spiro atoms. The zero-order chi connectivity index (χ0) is 16.5. The van der Waals surface area contributed by atoms with E-state index in [1.54, 1.807) is 18.4 Å². The molecule has 0 aromatic carbocycles. The number of hydrogen-bond acceptors (Lipinski definition) is 5. The third-order valence-electron chi connectivity index (χ3n) is 4.08. The van der Waals surface area contributed by atoms with Crippen LogP contribution in [0.4, 0.5) is 0 Å². The molecule has 1 saturated heterocycles. The number of nitrogens with one attached hydrogen (secondary N) is 2. The Bertz CT molecular complexity index is 485. The normalized spacial score (nSPS) is 16.2. The largest absolute Gasteiger partial charge is 0.383 e. The highest BCUT2D eigenvalue weighted by atomic mass is 32.1. The minimum Gasteiger partial charge on any atom is -0.383 e. The second-order valence-corrected chi connectivity index (χ2v) is 6.78. The quantitative estimate of drug-likeness (QED) is 0.722. The first-order valence-electron chi connectivity index (χ1n) is 7.98. The van der Waals surface area contributed by atoms with E-state index in [2.05, 4.69) is 15.5 Å². The van der Waals surface area contributed by atoms with Crippen molar-refractivity contribution in [3.63, 3.8) is 0 Å². The second kappa shape index (κ2) is 9.64. The van der Waals surface area contributed by atoms with Crippen molar-refractivity contribution in [3.05, 3.63) is 22.4 Å². The van der Waals surface area contributed by atoms with E-state index in [9.17, 15) is 9.59 Å². The fourth-order valence-corrected chi connectivity index (χ4v) is 3.26. The van der Waals surface area contributed by atoms with Gasteiger partial charge >= 0.3 is 11.8 Å². The lowest BCUT2D eigenvalue weighted by atomic mass is 9.97. The summed E-state index contributed by atoms with van der Waals surface area (Å²) in [5.74, 6) is -0.651. The van der Waals surface area contributed by atoms with Crippen LogP contribution in [0.1, 0.15) is 17.7 Å². The standard InChI is InChI=1S/C16H25N3O3S/c1-22-9-8-19-6-4-13(5-7-19)11-17-15(20)16(21)18-12-14-3-2-10-23-14/h2-3,10,13H,4-9,11-12H2,1H3,(H,17,20)(H,18,21). The van der Waals surface area contributed by atoms with Crippen molar-refractivity contribution in [2.45, 2.75) is 19.4 Å². The van der Waals surface area contributed by atoms with Crippen LogP contribution in [0.2, 0.25) is 0 Å². The summed E-state index contributed by atoms with van der Waals surface area (Å²) >= 11 is 1.56. The fourth-order valence-electron chi connectivity index (χ4n) is 2.61. The number of methoxy groups -OCH3 is 1. The molecule has 1 aromatic rings. The average Bonchev–Trinajstić information content (AvgIpc) is 3.10. The van der Waals surface area contributed by atoms with Crippen LogP contribution < -0.4 is 10.6 Å². The van der Waals surface area contributed by atoms with Gasteiger partial charge in [-0.05, 0) is 43.3 Å². The fraction of sp³-hybridized carbons (Fsp3) is 0.625. The highest BCUT2D eigenvalue weighted by Crippen LogP contribution is 2.15. The molecule has 7 heteroatoms. The van der Waals surface area contributed by atoms with Gasteiger partial charge in [0.2, 0.25) is 0 Å². The molecular weight excluding hydrogens is 314 g/mol. The highest BCUT2D eigenvalue weighted by molar-refractivity contribution is 7.09. The topological polar surface area (TPSA) is 70.7 Å². The number of hydrogen-bond donors (Lipinski definition) is 2. The first kappa shape index (κ1) is 17.9. The SMILES string of the molecule is COCCN1CCC(CNC(=O)C(=O)NCc2cccs2)CC1. The van der Waals surface area contributed by atoms with Gasteiger partial charge in [-0.15, -0.1) is 11.3 Å². The Balaban J connectivity index is 1.60. The molecule has 23 heavy (non-hydrogen) atoms. The van der Waals surface area contributed by atoms with Gasteiger partial charge in [0.05, 0.1) is 13.2 Å². The van der Waals surface area contributed by atoms with E-state index in [4.69, 9.17) is 4.74 Å². The van der Waals surface area contributed by atoms with Gasteiger partial charge in [-0.3, -0.25) is 9.59 Å². The predicted molar refractivity (Wildman–Crippen MR) is 90.2 cm³/mol. The third-order valence-corrected chi connectivity index (χ3v) is 4.96. The molecule has 128 valence electrons. The van der Waals surface area contributed by atoms with Gasteiger partial charge in [0, 0.05) is 25.1 Å². The molecule has 1 aliphatic heterocycles. The van der Waals surface area contributed by atoms with Crippen LogP contribution >= 0.6 is 11.3 Å². The number of amides is 2. The Labute approximate surface area is 141 Å². The van der Waals surface area contributed by atoms with Crippen molar-refractivity contribution in [2.75, 3.05) is 39.9 Å². The smallest absolute Gasteiger partial charge is 0.309 e. The van der Waals surface area contributed by atoms with Gasteiger partial charge in [-0.25, -0.2) is 0 Å². The molecular formula is C16H25N3O3S. The van der Waals surface area contributed by atoms with Gasteiger partial charge in [-0.1, -0.05) is 6.07 Å². The molecule has 0 atom stereocenters. The van der Waals surface area contributed by atoms with Gasteiger partial charge in [0.1, 0.15) is 0 Å². The Morgan fingerprint density at radius 3 is 2.70 bits per heavy atom. The van der Waals surface area contributed by atoms with Crippen LogP contribution in [0.5, 0.6) is 0 Å². The molecule has 1 aromatic heterocycles. The third kappa shape index (κ3) is 6.29. The highest BCUT2D eigenvalue weighted by Gasteiger charge is 2.21. The zero-order valence-corrected chi connectivity index (χ0v) is 14.4. The molecule has 0 radical (unpaired) electrons. The second-order valence-electron chi connectivity index (χ2n) is 5.75. The van der Waals surface area contributed by atoms with Crippen LogP contribution in [0.3, 0.4) is 0 Å². The van der Waals surface area contributed by atoms with Crippen LogP contribution in [0, 0.1) is 5.92 Å². The van der Waals surface area contributed by atoms with Crippen LogP contribution in [-0.4, -0.2) is 56.6 Å². The van der Waals surface area contributed by atoms with E-state index in [-0.39, 0.29) is 0 Å². The predicted octanol–water partition coefficient (Wildman–Crippen LogP) is 0.839. The molecule has 0 aliphatic carbocycles. The molecule has 2 rings (SSSR count). The summed E-state index contributed by atoms with van der Waals surface area (Å²) in [5, 5.41) is 7.33. The summed E-state index contributed by atoms with van der Waals surface area (Å²) < 4.78 is 5.08. The maximum Gasteiger partial charge on any atom is 0.309 e. The van der Waals surface area contributed by atoms with Crippen LogP contribution in [0.15, 0.2) is 17.5 Å². The summed E-state index contributed by atoms with van der Waals surface area (Å²) in [5.41, 5.74) is 0. The van der Waals surface area contributed by atoms with Crippen molar-refractivity contribution < 1.29 is 14.3 Å². The summed E-state index contributed by atoms with van der Waals surface area (Å²) in [7, 11) is 1.71. The van der Waals surface area contributed by atoms with E-state index >= 15 is 0 Å². The summed E-state index contributed by atoms with van der Waals surface area (Å²) in [6, 6.07) is 3.85. The van der Waals surface area contributed by atoms with Gasteiger partial charge in [-0.2, -0.15) is 0 Å². The van der Waals surface area contributed by atoms with E-state index in [1.807, 2.05) is 17.5 Å². The summed E-state index contributed by atoms with van der Waals surface area (Å²) in [6.07, 6.45) is 2.08. The first-order valence-corrected chi connectivity index (χ1v) is 8.86. The number of ether oxygens (including phenoxy) is 1. The lowest BCUT2D eigenvalue weighted by Crippen LogP contribution is -2.44. The molecule has 0 bridgehead atoms. The van der Waals surface area contributed by atoms with Gasteiger partial charge in [0.25, 0.3) is 0 Å². The van der Waals surface area contributed by atoms with Crippen molar-refractivity contribution in [2.24, 2.45) is 5.92 Å². The van der Waals surface area contributed by atoms with Crippen molar-refractivity contribution in [3.8, 4) is 0 Å². The molecule has 2 N–H and O–H groups in total. The molecule has 1 fully saturated rings. The monoisotopic (exact) mass is 339 g/mol. The number of carbonyl (C=O) groups excluding carboxylic acids is 2. The minimum absolute atomic E-state index is 0.405. The van der Waals surface area contributed by atoms with Crippen LogP contribution in [-0.2, 0) is 20.9 Å². The van der Waals surface area contributed by atoms with E-state index in [1.165, 1.54) is 0 Å². The number of likely N-dealkylation sites (tertiary alicyclic amines) is 1.